The van der Waals surface area contributed by atoms with Crippen molar-refractivity contribution in [3.8, 4) is 11.5 Å². The van der Waals surface area contributed by atoms with Crippen LogP contribution >= 0.6 is 0 Å². The van der Waals surface area contributed by atoms with E-state index in [0.717, 1.165) is 12.1 Å². The number of hydrogen-bond donors (Lipinski definition) is 2. The van der Waals surface area contributed by atoms with E-state index in [4.69, 9.17) is 4.42 Å². The molecule has 0 saturated carbocycles. The van der Waals surface area contributed by atoms with Crippen molar-refractivity contribution in [1.82, 2.24) is 9.88 Å². The van der Waals surface area contributed by atoms with Gasteiger partial charge in [0, 0.05) is 25.2 Å². The number of hydrogen-bond acceptors (Lipinski definition) is 5. The number of benzene rings is 1. The number of piperidine rings is 1. The van der Waals surface area contributed by atoms with Gasteiger partial charge in [0.25, 0.3) is 0 Å². The molecule has 1 aliphatic rings. The lowest BCUT2D eigenvalue weighted by molar-refractivity contribution is -0.137. The normalized spacial score (nSPS) is 22.3. The van der Waals surface area contributed by atoms with Gasteiger partial charge >= 0.3 is 6.18 Å². The fourth-order valence-electron chi connectivity index (χ4n) is 2.87. The lowest BCUT2D eigenvalue weighted by Gasteiger charge is -2.32. The Labute approximate surface area is 142 Å². The summed E-state index contributed by atoms with van der Waals surface area (Å²) in [6, 6.07) is 4.85. The average molecular weight is 356 g/mol. The van der Waals surface area contributed by atoms with Crippen LogP contribution in [0.15, 0.2) is 28.7 Å². The molecular weight excluding hydrogens is 337 g/mol. The Kier molecular flexibility index (Phi) is 4.86. The topological polar surface area (TPSA) is 69.7 Å². The zero-order chi connectivity index (χ0) is 18.2. The molecule has 0 bridgehead atoms. The van der Waals surface area contributed by atoms with Gasteiger partial charge in [-0.3, -0.25) is 4.90 Å². The quantitative estimate of drug-likeness (QED) is 0.885. The zero-order valence-corrected chi connectivity index (χ0v) is 13.6. The molecule has 3 rings (SSSR count). The molecular formula is C17H19F3N2O3. The summed E-state index contributed by atoms with van der Waals surface area (Å²) in [5, 5.41) is 19.3. The summed E-state index contributed by atoms with van der Waals surface area (Å²) >= 11 is 0. The average Bonchev–Trinajstić information content (AvgIpc) is 2.91. The highest BCUT2D eigenvalue weighted by Crippen LogP contribution is 2.32. The van der Waals surface area contributed by atoms with Crippen LogP contribution in [0.1, 0.15) is 23.4 Å². The first-order valence-corrected chi connectivity index (χ1v) is 7.96. The van der Waals surface area contributed by atoms with Crippen molar-refractivity contribution < 1.29 is 27.8 Å². The van der Waals surface area contributed by atoms with E-state index in [-0.39, 0.29) is 11.5 Å². The van der Waals surface area contributed by atoms with E-state index in [0.29, 0.717) is 37.5 Å². The maximum Gasteiger partial charge on any atom is 0.416 e. The molecule has 5 nitrogen and oxygen atoms in total. The van der Waals surface area contributed by atoms with Crippen molar-refractivity contribution in [3.05, 3.63) is 41.3 Å². The van der Waals surface area contributed by atoms with Crippen LogP contribution < -0.4 is 0 Å². The molecule has 1 aliphatic heterocycles. The molecule has 0 aliphatic carbocycles. The van der Waals surface area contributed by atoms with Crippen LogP contribution in [0.2, 0.25) is 0 Å². The molecule has 0 unspecified atom stereocenters. The van der Waals surface area contributed by atoms with E-state index >= 15 is 0 Å². The van der Waals surface area contributed by atoms with Gasteiger partial charge in [0.1, 0.15) is 5.76 Å². The minimum atomic E-state index is -4.43. The van der Waals surface area contributed by atoms with Crippen LogP contribution in [0.3, 0.4) is 0 Å². The fourth-order valence-corrected chi connectivity index (χ4v) is 2.87. The number of rotatable bonds is 3. The first-order chi connectivity index (χ1) is 11.7. The van der Waals surface area contributed by atoms with Gasteiger partial charge in [0.2, 0.25) is 5.89 Å². The van der Waals surface area contributed by atoms with Crippen LogP contribution in [-0.4, -0.2) is 45.4 Å². The molecule has 2 heterocycles. The second-order valence-electron chi connectivity index (χ2n) is 6.26. The van der Waals surface area contributed by atoms with Crippen molar-refractivity contribution in [2.24, 2.45) is 0 Å². The third kappa shape index (κ3) is 4.02. The van der Waals surface area contributed by atoms with Gasteiger partial charge in [-0.15, -0.1) is 0 Å². The number of aromatic nitrogens is 1. The van der Waals surface area contributed by atoms with Crippen LogP contribution in [0.25, 0.3) is 11.5 Å². The van der Waals surface area contributed by atoms with Crippen LogP contribution in [0.4, 0.5) is 13.2 Å². The van der Waals surface area contributed by atoms with Crippen LogP contribution in [0.5, 0.6) is 0 Å². The first-order valence-electron chi connectivity index (χ1n) is 7.96. The SMILES string of the molecule is Cc1oc(-c2cccc(C(F)(F)F)c2)nc1CN1CC[C@@H](O)[C@H](O)C1. The minimum absolute atomic E-state index is 0.135. The summed E-state index contributed by atoms with van der Waals surface area (Å²) in [7, 11) is 0. The van der Waals surface area contributed by atoms with Crippen molar-refractivity contribution in [2.45, 2.75) is 38.3 Å². The molecule has 0 amide bonds. The molecule has 0 spiro atoms. The monoisotopic (exact) mass is 356 g/mol. The number of nitrogens with zero attached hydrogens (tertiary/aromatic N) is 2. The number of aryl methyl sites for hydroxylation is 1. The molecule has 1 saturated heterocycles. The smallest absolute Gasteiger partial charge is 0.416 e. The maximum absolute atomic E-state index is 12.8. The van der Waals surface area contributed by atoms with E-state index in [1.807, 2.05) is 4.90 Å². The number of aliphatic hydroxyl groups is 2. The van der Waals surface area contributed by atoms with Gasteiger partial charge in [0.15, 0.2) is 0 Å². The number of oxazole rings is 1. The van der Waals surface area contributed by atoms with Gasteiger partial charge < -0.3 is 14.6 Å². The lowest BCUT2D eigenvalue weighted by Crippen LogP contribution is -2.46. The Bertz CT molecular complexity index is 745. The maximum atomic E-state index is 12.8. The van der Waals surface area contributed by atoms with E-state index in [1.54, 1.807) is 6.92 Å². The predicted octanol–water partition coefficient (Wildman–Crippen LogP) is 2.60. The zero-order valence-electron chi connectivity index (χ0n) is 13.6. The predicted molar refractivity (Wildman–Crippen MR) is 83.6 cm³/mol. The number of likely N-dealkylation sites (tertiary alicyclic amines) is 1. The van der Waals surface area contributed by atoms with Gasteiger partial charge in [-0.25, -0.2) is 4.98 Å². The summed E-state index contributed by atoms with van der Waals surface area (Å²) in [6.45, 7) is 3.02. The highest BCUT2D eigenvalue weighted by molar-refractivity contribution is 5.55. The van der Waals surface area contributed by atoms with Gasteiger partial charge in [-0.2, -0.15) is 13.2 Å². The van der Waals surface area contributed by atoms with E-state index in [2.05, 4.69) is 4.98 Å². The Balaban J connectivity index is 1.79. The molecule has 136 valence electrons. The highest BCUT2D eigenvalue weighted by Gasteiger charge is 2.31. The highest BCUT2D eigenvalue weighted by atomic mass is 19.4. The summed E-state index contributed by atoms with van der Waals surface area (Å²) in [5.74, 6) is 0.657. The van der Waals surface area contributed by atoms with Crippen molar-refractivity contribution >= 4 is 0 Å². The van der Waals surface area contributed by atoms with Crippen molar-refractivity contribution in [1.29, 1.82) is 0 Å². The van der Waals surface area contributed by atoms with E-state index in [9.17, 15) is 23.4 Å². The molecule has 2 atom stereocenters. The molecule has 1 aromatic carbocycles. The van der Waals surface area contributed by atoms with Gasteiger partial charge in [0.05, 0.1) is 23.5 Å². The minimum Gasteiger partial charge on any atom is -0.441 e. The number of halogens is 3. The van der Waals surface area contributed by atoms with Crippen LogP contribution in [-0.2, 0) is 12.7 Å². The number of β-amino-alcohol motifs (C(OH)–C–C–N with tert-alkyl or cyclic N) is 1. The summed E-state index contributed by atoms with van der Waals surface area (Å²) < 4.78 is 44.1. The Morgan fingerprint density at radius 3 is 2.72 bits per heavy atom. The van der Waals surface area contributed by atoms with Crippen LogP contribution in [0, 0.1) is 6.92 Å². The molecule has 2 N–H and O–H groups in total. The molecule has 1 aromatic heterocycles. The Morgan fingerprint density at radius 1 is 1.28 bits per heavy atom. The molecule has 0 radical (unpaired) electrons. The fraction of sp³-hybridized carbons (Fsp3) is 0.471. The summed E-state index contributed by atoms with van der Waals surface area (Å²) in [5.41, 5.74) is 0.116. The lowest BCUT2D eigenvalue weighted by atomic mass is 10.1. The summed E-state index contributed by atoms with van der Waals surface area (Å²) in [4.78, 5) is 6.25. The number of aliphatic hydroxyl groups excluding tert-OH is 2. The Hall–Kier alpha value is -1.90. The largest absolute Gasteiger partial charge is 0.441 e. The summed E-state index contributed by atoms with van der Waals surface area (Å²) in [6.07, 6.45) is -5.51. The van der Waals surface area contributed by atoms with Crippen molar-refractivity contribution in [3.63, 3.8) is 0 Å². The number of alkyl halides is 3. The second-order valence-corrected chi connectivity index (χ2v) is 6.26. The second kappa shape index (κ2) is 6.78. The molecule has 1 fully saturated rings. The molecule has 25 heavy (non-hydrogen) atoms. The third-order valence-electron chi connectivity index (χ3n) is 4.33. The third-order valence-corrected chi connectivity index (χ3v) is 4.33. The molecule has 2 aromatic rings. The Morgan fingerprint density at radius 2 is 2.04 bits per heavy atom. The van der Waals surface area contributed by atoms with Gasteiger partial charge in [-0.05, 0) is 31.5 Å². The standard InChI is InChI=1S/C17H19F3N2O3/c1-10-13(8-22-6-5-14(23)15(24)9-22)21-16(25-10)11-3-2-4-12(7-11)17(18,19)20/h2-4,7,14-15,23-24H,5-6,8-9H2,1H3/t14-,15-/m1/s1. The van der Waals surface area contributed by atoms with E-state index in [1.165, 1.54) is 12.1 Å². The molecule has 8 heteroatoms. The first kappa shape index (κ1) is 17.9. The van der Waals surface area contributed by atoms with E-state index < -0.39 is 23.9 Å². The van der Waals surface area contributed by atoms with Gasteiger partial charge in [-0.1, -0.05) is 6.07 Å². The van der Waals surface area contributed by atoms with Crippen molar-refractivity contribution in [2.75, 3.05) is 13.1 Å².